The van der Waals surface area contributed by atoms with Crippen molar-refractivity contribution >= 4 is 6.21 Å². The summed E-state index contributed by atoms with van der Waals surface area (Å²) >= 11 is 0. The molecule has 42 valence electrons. The molecular formula is C6H8N2. The Morgan fingerprint density at radius 2 is 2.38 bits per heavy atom. The highest BCUT2D eigenvalue weighted by Gasteiger charge is 1.96. The van der Waals surface area contributed by atoms with Crippen molar-refractivity contribution < 1.29 is 0 Å². The standard InChI is InChI=1S/C6H8N2/c1-5-3-7-6(2)8-4-5/h3,8H,1-2,4H2. The Bertz CT molecular complexity index is 138. The largest absolute Gasteiger partial charge is 0.366 e. The summed E-state index contributed by atoms with van der Waals surface area (Å²) in [4.78, 5) is 3.88. The van der Waals surface area contributed by atoms with Crippen LogP contribution in [0.15, 0.2) is 29.5 Å². The molecule has 1 rings (SSSR count). The highest BCUT2D eigenvalue weighted by Crippen LogP contribution is 1.95. The first-order valence-electron chi connectivity index (χ1n) is 2.43. The van der Waals surface area contributed by atoms with E-state index in [0.29, 0.717) is 0 Å². The molecule has 0 aliphatic carbocycles. The van der Waals surface area contributed by atoms with Gasteiger partial charge in [-0.2, -0.15) is 0 Å². The molecule has 1 aliphatic rings. The lowest BCUT2D eigenvalue weighted by molar-refractivity contribution is 0.865. The Morgan fingerprint density at radius 1 is 1.62 bits per heavy atom. The molecule has 0 amide bonds. The van der Waals surface area contributed by atoms with Crippen LogP contribution >= 0.6 is 0 Å². The van der Waals surface area contributed by atoms with Crippen LogP contribution in [0.1, 0.15) is 0 Å². The summed E-state index contributed by atoms with van der Waals surface area (Å²) in [5.74, 6) is 0.720. The van der Waals surface area contributed by atoms with E-state index in [0.717, 1.165) is 17.9 Å². The van der Waals surface area contributed by atoms with Gasteiger partial charge >= 0.3 is 0 Å². The first-order chi connectivity index (χ1) is 3.79. The smallest absolute Gasteiger partial charge is 0.118 e. The second-order valence-electron chi connectivity index (χ2n) is 1.72. The van der Waals surface area contributed by atoms with E-state index in [2.05, 4.69) is 23.5 Å². The molecule has 0 aromatic heterocycles. The zero-order valence-corrected chi connectivity index (χ0v) is 4.65. The van der Waals surface area contributed by atoms with Crippen LogP contribution in [0.25, 0.3) is 0 Å². The average Bonchev–Trinajstić information content (AvgIpc) is 1.77. The van der Waals surface area contributed by atoms with Crippen LogP contribution in [0.5, 0.6) is 0 Å². The molecule has 0 bridgehead atoms. The van der Waals surface area contributed by atoms with Gasteiger partial charge in [-0.3, -0.25) is 0 Å². The summed E-state index contributed by atoms with van der Waals surface area (Å²) in [7, 11) is 0. The molecule has 0 unspecified atom stereocenters. The fraction of sp³-hybridized carbons (Fsp3) is 0.167. The van der Waals surface area contributed by atoms with Crippen molar-refractivity contribution in [2.75, 3.05) is 6.54 Å². The van der Waals surface area contributed by atoms with Crippen molar-refractivity contribution in [1.82, 2.24) is 5.32 Å². The third-order valence-corrected chi connectivity index (χ3v) is 0.922. The summed E-state index contributed by atoms with van der Waals surface area (Å²) in [5.41, 5.74) is 0.998. The van der Waals surface area contributed by atoms with Gasteiger partial charge in [0.25, 0.3) is 0 Å². The van der Waals surface area contributed by atoms with Crippen molar-refractivity contribution in [1.29, 1.82) is 0 Å². The molecule has 0 atom stereocenters. The van der Waals surface area contributed by atoms with Gasteiger partial charge in [0.2, 0.25) is 0 Å². The topological polar surface area (TPSA) is 24.4 Å². The van der Waals surface area contributed by atoms with Crippen LogP contribution in [0.4, 0.5) is 0 Å². The maximum atomic E-state index is 3.88. The van der Waals surface area contributed by atoms with Crippen molar-refractivity contribution in [3.8, 4) is 0 Å². The third kappa shape index (κ3) is 0.964. The maximum absolute atomic E-state index is 3.88. The van der Waals surface area contributed by atoms with Crippen LogP contribution in [-0.2, 0) is 0 Å². The van der Waals surface area contributed by atoms with Gasteiger partial charge in [-0.1, -0.05) is 13.2 Å². The lowest BCUT2D eigenvalue weighted by Crippen LogP contribution is -2.19. The number of aliphatic imine (C=N–C) groups is 1. The van der Waals surface area contributed by atoms with Gasteiger partial charge < -0.3 is 5.32 Å². The van der Waals surface area contributed by atoms with E-state index in [-0.39, 0.29) is 0 Å². The number of nitrogens with zero attached hydrogens (tertiary/aromatic N) is 1. The molecule has 0 spiro atoms. The zero-order valence-electron chi connectivity index (χ0n) is 4.65. The van der Waals surface area contributed by atoms with Crippen LogP contribution < -0.4 is 5.32 Å². The molecule has 0 aromatic carbocycles. The molecule has 0 saturated heterocycles. The van der Waals surface area contributed by atoms with Crippen molar-refractivity contribution in [2.24, 2.45) is 4.99 Å². The number of hydrogen-bond acceptors (Lipinski definition) is 2. The fourth-order valence-corrected chi connectivity index (χ4v) is 0.476. The van der Waals surface area contributed by atoms with Gasteiger partial charge in [0.15, 0.2) is 0 Å². The van der Waals surface area contributed by atoms with Crippen LogP contribution in [0.2, 0.25) is 0 Å². The number of hydrogen-bond donors (Lipinski definition) is 1. The van der Waals surface area contributed by atoms with E-state index in [9.17, 15) is 0 Å². The van der Waals surface area contributed by atoms with Crippen LogP contribution in [0.3, 0.4) is 0 Å². The third-order valence-electron chi connectivity index (χ3n) is 0.922. The quantitative estimate of drug-likeness (QED) is 0.485. The second kappa shape index (κ2) is 1.82. The Morgan fingerprint density at radius 3 is 2.75 bits per heavy atom. The minimum Gasteiger partial charge on any atom is -0.366 e. The SMILES string of the molecule is C=C1C=NC(=C)NC1. The molecule has 2 nitrogen and oxygen atoms in total. The molecule has 0 radical (unpaired) electrons. The summed E-state index contributed by atoms with van der Waals surface area (Å²) in [6.07, 6.45) is 1.72. The van der Waals surface area contributed by atoms with E-state index in [1.807, 2.05) is 0 Å². The first kappa shape index (κ1) is 5.09. The molecule has 1 N–H and O–H groups in total. The lowest BCUT2D eigenvalue weighted by Gasteiger charge is -2.09. The van der Waals surface area contributed by atoms with Crippen LogP contribution in [0, 0.1) is 0 Å². The average molecular weight is 108 g/mol. The summed E-state index contributed by atoms with van der Waals surface area (Å²) in [6, 6.07) is 0. The van der Waals surface area contributed by atoms with Gasteiger partial charge in [-0.05, 0) is 5.57 Å². The van der Waals surface area contributed by atoms with Crippen molar-refractivity contribution in [2.45, 2.75) is 0 Å². The zero-order chi connectivity index (χ0) is 5.98. The van der Waals surface area contributed by atoms with E-state index < -0.39 is 0 Å². The Labute approximate surface area is 48.6 Å². The van der Waals surface area contributed by atoms with Gasteiger partial charge in [-0.15, -0.1) is 0 Å². The van der Waals surface area contributed by atoms with Gasteiger partial charge in [-0.25, -0.2) is 4.99 Å². The first-order valence-corrected chi connectivity index (χ1v) is 2.43. The summed E-state index contributed by atoms with van der Waals surface area (Å²) < 4.78 is 0. The minimum atomic E-state index is 0.720. The summed E-state index contributed by atoms with van der Waals surface area (Å²) in [6.45, 7) is 8.07. The maximum Gasteiger partial charge on any atom is 0.118 e. The molecular weight excluding hydrogens is 100 g/mol. The van der Waals surface area contributed by atoms with E-state index in [1.165, 1.54) is 0 Å². The Hall–Kier alpha value is -1.05. The molecule has 0 fully saturated rings. The van der Waals surface area contributed by atoms with E-state index in [4.69, 9.17) is 0 Å². The predicted octanol–water partition coefficient (Wildman–Crippen LogP) is 0.688. The molecule has 1 heterocycles. The Kier molecular flexibility index (Phi) is 1.16. The van der Waals surface area contributed by atoms with Crippen molar-refractivity contribution in [3.63, 3.8) is 0 Å². The van der Waals surface area contributed by atoms with Gasteiger partial charge in [0.1, 0.15) is 5.82 Å². The van der Waals surface area contributed by atoms with E-state index in [1.54, 1.807) is 6.21 Å². The fourth-order valence-electron chi connectivity index (χ4n) is 0.476. The molecule has 1 aliphatic heterocycles. The van der Waals surface area contributed by atoms with Gasteiger partial charge in [0, 0.05) is 12.8 Å². The van der Waals surface area contributed by atoms with Gasteiger partial charge in [0.05, 0.1) is 0 Å². The summed E-state index contributed by atoms with van der Waals surface area (Å²) in [5, 5.41) is 2.94. The second-order valence-corrected chi connectivity index (χ2v) is 1.72. The number of nitrogens with one attached hydrogen (secondary N) is 1. The number of rotatable bonds is 0. The normalized spacial score (nSPS) is 18.5. The van der Waals surface area contributed by atoms with Crippen molar-refractivity contribution in [3.05, 3.63) is 24.6 Å². The monoisotopic (exact) mass is 108 g/mol. The predicted molar refractivity (Wildman–Crippen MR) is 34.8 cm³/mol. The molecule has 8 heavy (non-hydrogen) atoms. The Balaban J connectivity index is 2.68. The molecule has 2 heteroatoms. The van der Waals surface area contributed by atoms with E-state index >= 15 is 0 Å². The van der Waals surface area contributed by atoms with Crippen LogP contribution in [-0.4, -0.2) is 12.8 Å². The highest BCUT2D eigenvalue weighted by molar-refractivity contribution is 5.80. The lowest BCUT2D eigenvalue weighted by atomic mass is 10.3. The molecule has 0 aromatic rings. The highest BCUT2D eigenvalue weighted by atomic mass is 15.0. The molecule has 0 saturated carbocycles. The minimum absolute atomic E-state index is 0.720.